The predicted octanol–water partition coefficient (Wildman–Crippen LogP) is 2.62. The van der Waals surface area contributed by atoms with Crippen LogP contribution < -0.4 is 0 Å². The Kier molecular flexibility index (Phi) is 6.65. The summed E-state index contributed by atoms with van der Waals surface area (Å²) >= 11 is 0. The van der Waals surface area contributed by atoms with Crippen molar-refractivity contribution in [1.82, 2.24) is 0 Å². The van der Waals surface area contributed by atoms with E-state index in [1.807, 2.05) is 0 Å². The third-order valence-corrected chi connectivity index (χ3v) is 3.08. The zero-order chi connectivity index (χ0) is 13.4. The van der Waals surface area contributed by atoms with E-state index in [1.165, 1.54) is 6.92 Å². The highest BCUT2D eigenvalue weighted by atomic mass is 16.5. The molecule has 1 rings (SSSR count). The number of ether oxygens (including phenoxy) is 2. The molecule has 0 aromatic rings. The van der Waals surface area contributed by atoms with Crippen LogP contribution in [-0.2, 0) is 19.1 Å². The molecule has 1 saturated heterocycles. The molecule has 0 spiro atoms. The van der Waals surface area contributed by atoms with E-state index >= 15 is 0 Å². The van der Waals surface area contributed by atoms with Crippen molar-refractivity contribution in [2.24, 2.45) is 5.92 Å². The fraction of sp³-hybridized carbons (Fsp3) is 0.714. The summed E-state index contributed by atoms with van der Waals surface area (Å²) < 4.78 is 10.7. The van der Waals surface area contributed by atoms with Gasteiger partial charge in [0.15, 0.2) is 0 Å². The summed E-state index contributed by atoms with van der Waals surface area (Å²) in [5.74, 6) is 0.504. The van der Waals surface area contributed by atoms with Gasteiger partial charge in [0, 0.05) is 25.7 Å². The molecule has 0 bridgehead atoms. The van der Waals surface area contributed by atoms with Crippen LogP contribution in [-0.4, -0.2) is 25.5 Å². The van der Waals surface area contributed by atoms with Crippen LogP contribution in [0, 0.1) is 5.92 Å². The molecule has 1 atom stereocenters. The van der Waals surface area contributed by atoms with Crippen molar-refractivity contribution in [1.29, 1.82) is 0 Å². The minimum absolute atomic E-state index is 0.0819. The van der Waals surface area contributed by atoms with Gasteiger partial charge in [-0.3, -0.25) is 4.79 Å². The van der Waals surface area contributed by atoms with Crippen LogP contribution >= 0.6 is 0 Å². The molecule has 0 saturated carbocycles. The molecular formula is C14H22O4. The Bertz CT molecular complexity index is 320. The number of hydrogen-bond donors (Lipinski definition) is 0. The second-order valence-corrected chi connectivity index (χ2v) is 4.61. The van der Waals surface area contributed by atoms with Gasteiger partial charge in [-0.15, -0.1) is 0 Å². The van der Waals surface area contributed by atoms with Crippen LogP contribution in [0.5, 0.6) is 0 Å². The minimum Gasteiger partial charge on any atom is -0.431 e. The average molecular weight is 254 g/mol. The zero-order valence-corrected chi connectivity index (χ0v) is 11.2. The largest absolute Gasteiger partial charge is 0.431 e. The van der Waals surface area contributed by atoms with E-state index in [9.17, 15) is 9.59 Å². The topological polar surface area (TPSA) is 52.6 Å². The normalized spacial score (nSPS) is 21.8. The first-order valence-electron chi connectivity index (χ1n) is 6.60. The fourth-order valence-corrected chi connectivity index (χ4v) is 2.15. The van der Waals surface area contributed by atoms with Gasteiger partial charge >= 0.3 is 5.97 Å². The highest BCUT2D eigenvalue weighted by Gasteiger charge is 2.26. The van der Waals surface area contributed by atoms with E-state index < -0.39 is 0 Å². The summed E-state index contributed by atoms with van der Waals surface area (Å²) in [5, 5.41) is 0. The maximum absolute atomic E-state index is 11.1. The van der Waals surface area contributed by atoms with Gasteiger partial charge in [0.2, 0.25) is 0 Å². The van der Waals surface area contributed by atoms with E-state index in [0.29, 0.717) is 19.6 Å². The lowest BCUT2D eigenvalue weighted by Crippen LogP contribution is -2.10. The number of esters is 1. The van der Waals surface area contributed by atoms with E-state index in [4.69, 9.17) is 9.47 Å². The van der Waals surface area contributed by atoms with Crippen LogP contribution in [0.25, 0.3) is 0 Å². The third-order valence-electron chi connectivity index (χ3n) is 3.08. The summed E-state index contributed by atoms with van der Waals surface area (Å²) in [6.45, 7) is 4.57. The van der Waals surface area contributed by atoms with E-state index in [1.54, 1.807) is 0 Å². The second kappa shape index (κ2) is 8.03. The lowest BCUT2D eigenvalue weighted by molar-refractivity contribution is -0.137. The van der Waals surface area contributed by atoms with Gasteiger partial charge in [-0.1, -0.05) is 19.8 Å². The Balaban J connectivity index is 2.76. The predicted molar refractivity (Wildman–Crippen MR) is 67.9 cm³/mol. The molecule has 4 nitrogen and oxygen atoms in total. The highest BCUT2D eigenvalue weighted by molar-refractivity contribution is 5.67. The average Bonchev–Trinajstić information content (AvgIpc) is 2.76. The van der Waals surface area contributed by atoms with Gasteiger partial charge in [-0.05, 0) is 12.0 Å². The molecule has 0 radical (unpaired) electrons. The molecule has 0 aliphatic carbocycles. The van der Waals surface area contributed by atoms with Gasteiger partial charge in [0.1, 0.15) is 12.0 Å². The molecule has 0 aromatic carbocycles. The lowest BCUT2D eigenvalue weighted by atomic mass is 9.96. The summed E-state index contributed by atoms with van der Waals surface area (Å²) in [6.07, 6.45) is 5.32. The summed E-state index contributed by atoms with van der Waals surface area (Å²) in [5.41, 5.74) is 0.994. The number of carbonyl (C=O) groups is 2. The van der Waals surface area contributed by atoms with Gasteiger partial charge in [-0.2, -0.15) is 0 Å². The van der Waals surface area contributed by atoms with Crippen molar-refractivity contribution in [3.63, 3.8) is 0 Å². The highest BCUT2D eigenvalue weighted by Crippen LogP contribution is 2.28. The van der Waals surface area contributed by atoms with Gasteiger partial charge in [0.25, 0.3) is 0 Å². The first-order chi connectivity index (χ1) is 8.69. The molecular weight excluding hydrogens is 232 g/mol. The monoisotopic (exact) mass is 254 g/mol. The first-order valence-corrected chi connectivity index (χ1v) is 6.60. The maximum atomic E-state index is 11.1. The molecule has 18 heavy (non-hydrogen) atoms. The molecule has 1 unspecified atom stereocenters. The number of rotatable bonds is 7. The van der Waals surface area contributed by atoms with E-state index in [2.05, 4.69) is 6.92 Å². The lowest BCUT2D eigenvalue weighted by Gasteiger charge is -2.14. The fourth-order valence-electron chi connectivity index (χ4n) is 2.15. The molecule has 1 heterocycles. The minimum atomic E-state index is -0.300. The Morgan fingerprint density at radius 1 is 1.50 bits per heavy atom. The van der Waals surface area contributed by atoms with Crippen LogP contribution in [0.3, 0.4) is 0 Å². The molecule has 0 N–H and O–H groups in total. The number of aldehydes is 1. The molecule has 1 fully saturated rings. The number of unbranched alkanes of at least 4 members (excludes halogenated alkanes) is 2. The number of hydrogen-bond acceptors (Lipinski definition) is 4. The van der Waals surface area contributed by atoms with Crippen molar-refractivity contribution >= 4 is 12.3 Å². The van der Waals surface area contributed by atoms with Crippen LogP contribution in [0.1, 0.15) is 46.0 Å². The van der Waals surface area contributed by atoms with Crippen molar-refractivity contribution in [2.75, 3.05) is 13.2 Å². The Morgan fingerprint density at radius 3 is 2.89 bits per heavy atom. The Labute approximate surface area is 108 Å². The standard InChI is InChI=1S/C14H22O4/c1-3-4-5-6-14(18-11(2)16)13-10-17-9-12(13)7-8-15/h8,12H,3-7,9-10H2,1-2H3/b14-13+. The Morgan fingerprint density at radius 2 is 2.28 bits per heavy atom. The maximum Gasteiger partial charge on any atom is 0.307 e. The van der Waals surface area contributed by atoms with Gasteiger partial charge < -0.3 is 14.3 Å². The SMILES string of the molecule is CCCCC/C(OC(C)=O)=C1/COCC1CC=O. The third kappa shape index (κ3) is 4.61. The summed E-state index contributed by atoms with van der Waals surface area (Å²) in [7, 11) is 0. The summed E-state index contributed by atoms with van der Waals surface area (Å²) in [4.78, 5) is 21.8. The van der Waals surface area contributed by atoms with E-state index in [0.717, 1.165) is 43.3 Å². The van der Waals surface area contributed by atoms with E-state index in [-0.39, 0.29) is 11.9 Å². The van der Waals surface area contributed by atoms with Crippen LogP contribution in [0.15, 0.2) is 11.3 Å². The molecule has 0 aromatic heterocycles. The van der Waals surface area contributed by atoms with Crippen LogP contribution in [0.2, 0.25) is 0 Å². The second-order valence-electron chi connectivity index (χ2n) is 4.61. The van der Waals surface area contributed by atoms with Crippen molar-refractivity contribution in [3.05, 3.63) is 11.3 Å². The van der Waals surface area contributed by atoms with Gasteiger partial charge in [0.05, 0.1) is 13.2 Å². The number of carbonyl (C=O) groups excluding carboxylic acids is 2. The molecule has 1 aliphatic rings. The molecule has 4 heteroatoms. The van der Waals surface area contributed by atoms with Crippen LogP contribution in [0.4, 0.5) is 0 Å². The molecule has 0 amide bonds. The van der Waals surface area contributed by atoms with Crippen molar-refractivity contribution < 1.29 is 19.1 Å². The van der Waals surface area contributed by atoms with Crippen molar-refractivity contribution in [2.45, 2.75) is 46.0 Å². The number of allylic oxidation sites excluding steroid dienone is 1. The Hall–Kier alpha value is -1.16. The quantitative estimate of drug-likeness (QED) is 0.303. The van der Waals surface area contributed by atoms with Crippen molar-refractivity contribution in [3.8, 4) is 0 Å². The van der Waals surface area contributed by atoms with Gasteiger partial charge in [-0.25, -0.2) is 0 Å². The molecule has 102 valence electrons. The first kappa shape index (κ1) is 14.9. The summed E-state index contributed by atoms with van der Waals surface area (Å²) in [6, 6.07) is 0. The molecule has 1 aliphatic heterocycles. The smallest absolute Gasteiger partial charge is 0.307 e. The zero-order valence-electron chi connectivity index (χ0n) is 11.2.